The van der Waals surface area contributed by atoms with E-state index < -0.39 is 0 Å². The van der Waals surface area contributed by atoms with Crippen molar-refractivity contribution in [2.24, 2.45) is 11.8 Å². The molecule has 0 radical (unpaired) electrons. The van der Waals surface area contributed by atoms with E-state index in [2.05, 4.69) is 28.5 Å². The Labute approximate surface area is 169 Å². The average Bonchev–Trinajstić information content (AvgIpc) is 3.27. The molecule has 3 atom stereocenters. The van der Waals surface area contributed by atoms with E-state index in [-0.39, 0.29) is 0 Å². The third-order valence-corrected chi connectivity index (χ3v) is 6.86. The zero-order valence-corrected chi connectivity index (χ0v) is 16.7. The van der Waals surface area contributed by atoms with Crippen LogP contribution in [0.4, 0.5) is 5.82 Å². The van der Waals surface area contributed by atoms with Crippen LogP contribution in [0.5, 0.6) is 0 Å². The van der Waals surface area contributed by atoms with E-state index in [0.717, 1.165) is 45.5 Å². The molecule has 0 amide bonds. The molecule has 27 heavy (non-hydrogen) atoms. The second-order valence-electron chi connectivity index (χ2n) is 7.91. The van der Waals surface area contributed by atoms with Gasteiger partial charge in [-0.25, -0.2) is 9.97 Å². The predicted molar refractivity (Wildman–Crippen MR) is 113 cm³/mol. The summed E-state index contributed by atoms with van der Waals surface area (Å²) in [5.41, 5.74) is 3.10. The molecule has 3 aromatic rings. The average molecular weight is 398 g/mol. The number of fused-ring (bicyclic) bond motifs is 3. The van der Waals surface area contributed by atoms with Crippen molar-refractivity contribution < 1.29 is 0 Å². The summed E-state index contributed by atoms with van der Waals surface area (Å²) in [7, 11) is 0. The van der Waals surface area contributed by atoms with Gasteiger partial charge in [0.05, 0.1) is 15.6 Å². The van der Waals surface area contributed by atoms with Crippen molar-refractivity contribution in [3.8, 4) is 11.1 Å². The fourth-order valence-corrected chi connectivity index (χ4v) is 5.11. The number of hydrogen-bond donors (Lipinski definition) is 1. The number of benzene rings is 2. The SMILES string of the molecule is Cc1nc(N[C@@H]2C[C@H]3CC[C@@H]2C3)c2cc(-c3ccc(Cl)c(Cl)c3)ccc2n1. The van der Waals surface area contributed by atoms with E-state index in [1.54, 1.807) is 0 Å². The zero-order chi connectivity index (χ0) is 18.5. The van der Waals surface area contributed by atoms with E-state index >= 15 is 0 Å². The van der Waals surface area contributed by atoms with Crippen molar-refractivity contribution >= 4 is 39.9 Å². The molecule has 3 nitrogen and oxygen atoms in total. The summed E-state index contributed by atoms with van der Waals surface area (Å²) in [5, 5.41) is 5.95. The molecule has 0 aliphatic heterocycles. The summed E-state index contributed by atoms with van der Waals surface area (Å²) in [5.74, 6) is 3.44. The molecule has 1 N–H and O–H groups in total. The van der Waals surface area contributed by atoms with Crippen LogP contribution in [0.25, 0.3) is 22.0 Å². The standard InChI is InChI=1S/C22H21Cl2N3/c1-12-25-20-7-5-14(15-4-6-18(23)19(24)11-15)10-17(20)22(26-12)27-21-9-13-2-3-16(21)8-13/h4-7,10-11,13,16,21H,2-3,8-9H2,1H3,(H,25,26,27)/t13-,16+,21+/m0/s1. The van der Waals surface area contributed by atoms with Crippen molar-refractivity contribution in [2.45, 2.75) is 38.6 Å². The molecule has 2 saturated carbocycles. The fraction of sp³-hybridized carbons (Fsp3) is 0.364. The Balaban J connectivity index is 1.56. The number of nitrogens with one attached hydrogen (secondary N) is 1. The van der Waals surface area contributed by atoms with Crippen molar-refractivity contribution in [2.75, 3.05) is 5.32 Å². The molecule has 1 aromatic heterocycles. The van der Waals surface area contributed by atoms with Gasteiger partial charge in [0.15, 0.2) is 0 Å². The van der Waals surface area contributed by atoms with Gasteiger partial charge in [-0.05, 0) is 73.4 Å². The third kappa shape index (κ3) is 3.17. The molecule has 2 aliphatic carbocycles. The van der Waals surface area contributed by atoms with E-state index in [4.69, 9.17) is 28.2 Å². The van der Waals surface area contributed by atoms with Crippen LogP contribution in [-0.2, 0) is 0 Å². The Morgan fingerprint density at radius 1 is 0.926 bits per heavy atom. The number of aromatic nitrogens is 2. The maximum atomic E-state index is 6.21. The van der Waals surface area contributed by atoms with Crippen molar-refractivity contribution in [3.63, 3.8) is 0 Å². The lowest BCUT2D eigenvalue weighted by atomic mass is 9.95. The van der Waals surface area contributed by atoms with Gasteiger partial charge in [0.1, 0.15) is 11.6 Å². The number of rotatable bonds is 3. The highest BCUT2D eigenvalue weighted by molar-refractivity contribution is 6.42. The Morgan fingerprint density at radius 2 is 1.74 bits per heavy atom. The van der Waals surface area contributed by atoms with Gasteiger partial charge >= 0.3 is 0 Å². The predicted octanol–water partition coefficient (Wildman–Crippen LogP) is 6.51. The fourth-order valence-electron chi connectivity index (χ4n) is 4.81. The molecular weight excluding hydrogens is 377 g/mol. The Hall–Kier alpha value is -1.84. The van der Waals surface area contributed by atoms with Crippen LogP contribution in [0.15, 0.2) is 36.4 Å². The second kappa shape index (κ2) is 6.65. The third-order valence-electron chi connectivity index (χ3n) is 6.12. The van der Waals surface area contributed by atoms with E-state index in [0.29, 0.717) is 16.1 Å². The van der Waals surface area contributed by atoms with Crippen LogP contribution in [0.3, 0.4) is 0 Å². The van der Waals surface area contributed by atoms with E-state index in [1.807, 2.05) is 25.1 Å². The Morgan fingerprint density at radius 3 is 2.48 bits per heavy atom. The number of halogens is 2. The maximum absolute atomic E-state index is 6.21. The van der Waals surface area contributed by atoms with Crippen LogP contribution in [-0.4, -0.2) is 16.0 Å². The Bertz CT molecular complexity index is 1030. The summed E-state index contributed by atoms with van der Waals surface area (Å²) >= 11 is 12.3. The highest BCUT2D eigenvalue weighted by Crippen LogP contribution is 2.46. The maximum Gasteiger partial charge on any atom is 0.137 e. The minimum absolute atomic E-state index is 0.537. The van der Waals surface area contributed by atoms with Gasteiger partial charge in [-0.2, -0.15) is 0 Å². The lowest BCUT2D eigenvalue weighted by molar-refractivity contribution is 0.439. The van der Waals surface area contributed by atoms with Crippen LogP contribution in [0, 0.1) is 18.8 Å². The summed E-state index contributed by atoms with van der Waals surface area (Å²) in [4.78, 5) is 9.37. The minimum atomic E-state index is 0.537. The first-order valence-corrected chi connectivity index (χ1v) is 10.3. The molecule has 5 rings (SSSR count). The monoisotopic (exact) mass is 397 g/mol. The molecule has 2 aliphatic rings. The van der Waals surface area contributed by atoms with Crippen LogP contribution in [0.2, 0.25) is 10.0 Å². The number of nitrogens with zero attached hydrogens (tertiary/aromatic N) is 2. The highest BCUT2D eigenvalue weighted by Gasteiger charge is 2.39. The topological polar surface area (TPSA) is 37.8 Å². The van der Waals surface area contributed by atoms with Gasteiger partial charge in [0, 0.05) is 11.4 Å². The lowest BCUT2D eigenvalue weighted by Gasteiger charge is -2.24. The summed E-state index contributed by atoms with van der Waals surface area (Å²) < 4.78 is 0. The minimum Gasteiger partial charge on any atom is -0.366 e. The van der Waals surface area contributed by atoms with Gasteiger partial charge < -0.3 is 5.32 Å². The van der Waals surface area contributed by atoms with Gasteiger partial charge in [0.25, 0.3) is 0 Å². The van der Waals surface area contributed by atoms with E-state index in [9.17, 15) is 0 Å². The van der Waals surface area contributed by atoms with Gasteiger partial charge in [-0.15, -0.1) is 0 Å². The van der Waals surface area contributed by atoms with Crippen LogP contribution >= 0.6 is 23.2 Å². The quantitative estimate of drug-likeness (QED) is 0.546. The molecule has 0 saturated heterocycles. The molecule has 138 valence electrons. The summed E-state index contributed by atoms with van der Waals surface area (Å²) in [6.45, 7) is 1.96. The first-order valence-electron chi connectivity index (χ1n) is 9.57. The number of hydrogen-bond acceptors (Lipinski definition) is 3. The van der Waals surface area contributed by atoms with Gasteiger partial charge in [-0.1, -0.05) is 41.8 Å². The second-order valence-corrected chi connectivity index (χ2v) is 8.72. The normalized spacial score (nSPS) is 23.9. The molecule has 0 spiro atoms. The van der Waals surface area contributed by atoms with Gasteiger partial charge in [0.2, 0.25) is 0 Å². The molecule has 2 bridgehead atoms. The number of aryl methyl sites for hydroxylation is 1. The molecular formula is C22H21Cl2N3. The first kappa shape index (κ1) is 17.3. The smallest absolute Gasteiger partial charge is 0.137 e. The summed E-state index contributed by atoms with van der Waals surface area (Å²) in [6.07, 6.45) is 5.38. The zero-order valence-electron chi connectivity index (χ0n) is 15.2. The largest absolute Gasteiger partial charge is 0.366 e. The van der Waals surface area contributed by atoms with Crippen LogP contribution < -0.4 is 5.32 Å². The van der Waals surface area contributed by atoms with Crippen molar-refractivity contribution in [3.05, 3.63) is 52.3 Å². The highest BCUT2D eigenvalue weighted by atomic mass is 35.5. The van der Waals surface area contributed by atoms with E-state index in [1.165, 1.54) is 25.7 Å². The Kier molecular flexibility index (Phi) is 4.25. The molecule has 1 heterocycles. The van der Waals surface area contributed by atoms with Crippen molar-refractivity contribution in [1.29, 1.82) is 0 Å². The molecule has 0 unspecified atom stereocenters. The summed E-state index contributed by atoms with van der Waals surface area (Å²) in [6, 6.07) is 12.6. The first-order chi connectivity index (χ1) is 13.1. The molecule has 2 aromatic carbocycles. The number of anilines is 1. The lowest BCUT2D eigenvalue weighted by Crippen LogP contribution is -2.26. The van der Waals surface area contributed by atoms with Crippen molar-refractivity contribution in [1.82, 2.24) is 9.97 Å². The molecule has 2 fully saturated rings. The van der Waals surface area contributed by atoms with Crippen LogP contribution in [0.1, 0.15) is 31.5 Å². The molecule has 5 heteroatoms. The van der Waals surface area contributed by atoms with Gasteiger partial charge in [-0.3, -0.25) is 0 Å².